The number of hydrogen-bond acceptors (Lipinski definition) is 1. The van der Waals surface area contributed by atoms with E-state index >= 15 is 0 Å². The lowest BCUT2D eigenvalue weighted by molar-refractivity contribution is 0.447. The fourth-order valence-corrected chi connectivity index (χ4v) is 2.40. The Balaban J connectivity index is 2.44. The normalized spacial score (nSPS) is 26.1. The Morgan fingerprint density at radius 2 is 2.15 bits per heavy atom. The molecule has 1 nitrogen and oxygen atoms in total. The molecule has 0 bridgehead atoms. The van der Waals surface area contributed by atoms with Crippen molar-refractivity contribution in [2.75, 3.05) is 7.05 Å². The Morgan fingerprint density at radius 1 is 1.38 bits per heavy atom. The summed E-state index contributed by atoms with van der Waals surface area (Å²) < 4.78 is 0. The maximum atomic E-state index is 3.40. The monoisotopic (exact) mass is 175 g/mol. The predicted molar refractivity (Wildman–Crippen MR) is 55.8 cm³/mol. The second-order valence-electron chi connectivity index (χ2n) is 4.15. The highest BCUT2D eigenvalue weighted by Crippen LogP contribution is 2.35. The van der Waals surface area contributed by atoms with E-state index in [2.05, 4.69) is 44.4 Å². The minimum absolute atomic E-state index is 0.565. The first-order valence-corrected chi connectivity index (χ1v) is 4.99. The second kappa shape index (κ2) is 3.15. The zero-order valence-corrected chi connectivity index (χ0v) is 8.59. The zero-order chi connectivity index (χ0) is 9.42. The minimum Gasteiger partial charge on any atom is -0.313 e. The topological polar surface area (TPSA) is 12.0 Å². The van der Waals surface area contributed by atoms with E-state index in [4.69, 9.17) is 0 Å². The van der Waals surface area contributed by atoms with Gasteiger partial charge in [-0.15, -0.1) is 0 Å². The summed E-state index contributed by atoms with van der Waals surface area (Å²) in [6.45, 7) is 4.48. The van der Waals surface area contributed by atoms with Gasteiger partial charge in [-0.05, 0) is 37.4 Å². The molecule has 1 aromatic rings. The van der Waals surface area contributed by atoms with Crippen LogP contribution in [0.5, 0.6) is 0 Å². The lowest BCUT2D eigenvalue weighted by Gasteiger charge is -2.15. The summed E-state index contributed by atoms with van der Waals surface area (Å²) in [5, 5.41) is 3.40. The van der Waals surface area contributed by atoms with Crippen LogP contribution in [0.4, 0.5) is 0 Å². The average Bonchev–Trinajstić information content (AvgIpc) is 2.40. The highest BCUT2D eigenvalue weighted by molar-refractivity contribution is 5.38. The third-order valence-corrected chi connectivity index (χ3v) is 3.06. The van der Waals surface area contributed by atoms with E-state index in [1.54, 1.807) is 0 Å². The van der Waals surface area contributed by atoms with Gasteiger partial charge in [-0.25, -0.2) is 0 Å². The molecule has 0 spiro atoms. The van der Waals surface area contributed by atoms with Gasteiger partial charge in [-0.1, -0.05) is 30.7 Å². The molecule has 13 heavy (non-hydrogen) atoms. The molecule has 0 heterocycles. The molecule has 0 aliphatic heterocycles. The summed E-state index contributed by atoms with van der Waals surface area (Å²) >= 11 is 0. The average molecular weight is 175 g/mol. The van der Waals surface area contributed by atoms with Crippen molar-refractivity contribution in [3.8, 4) is 0 Å². The van der Waals surface area contributed by atoms with Crippen molar-refractivity contribution < 1.29 is 0 Å². The van der Waals surface area contributed by atoms with Crippen LogP contribution < -0.4 is 5.32 Å². The number of aryl methyl sites for hydroxylation is 1. The Kier molecular flexibility index (Phi) is 2.12. The molecular formula is C12H17N. The summed E-state index contributed by atoms with van der Waals surface area (Å²) in [5.41, 5.74) is 4.40. The van der Waals surface area contributed by atoms with Crippen LogP contribution in [0.3, 0.4) is 0 Å². The fraction of sp³-hybridized carbons (Fsp3) is 0.500. The molecule has 0 aromatic heterocycles. The first kappa shape index (κ1) is 8.76. The smallest absolute Gasteiger partial charge is 0.0349 e. The predicted octanol–water partition coefficient (Wildman–Crippen LogP) is 2.45. The molecule has 2 rings (SSSR count). The molecule has 1 aliphatic carbocycles. The van der Waals surface area contributed by atoms with Gasteiger partial charge >= 0.3 is 0 Å². The van der Waals surface area contributed by atoms with E-state index in [0.717, 1.165) is 5.92 Å². The molecule has 1 aromatic carbocycles. The Morgan fingerprint density at radius 3 is 2.85 bits per heavy atom. The van der Waals surface area contributed by atoms with E-state index in [9.17, 15) is 0 Å². The molecule has 1 heteroatoms. The van der Waals surface area contributed by atoms with Crippen LogP contribution in [0.1, 0.15) is 29.7 Å². The Hall–Kier alpha value is -0.820. The van der Waals surface area contributed by atoms with Crippen LogP contribution >= 0.6 is 0 Å². The van der Waals surface area contributed by atoms with Crippen LogP contribution in [0.25, 0.3) is 0 Å². The zero-order valence-electron chi connectivity index (χ0n) is 8.59. The third-order valence-electron chi connectivity index (χ3n) is 3.06. The summed E-state index contributed by atoms with van der Waals surface area (Å²) in [7, 11) is 2.05. The number of hydrogen-bond donors (Lipinski definition) is 1. The van der Waals surface area contributed by atoms with Gasteiger partial charge in [0.1, 0.15) is 0 Å². The van der Waals surface area contributed by atoms with Gasteiger partial charge in [0, 0.05) is 6.04 Å². The largest absolute Gasteiger partial charge is 0.313 e. The van der Waals surface area contributed by atoms with Gasteiger partial charge in [0.05, 0.1) is 0 Å². The van der Waals surface area contributed by atoms with Gasteiger partial charge in [-0.3, -0.25) is 0 Å². The number of rotatable bonds is 1. The first-order chi connectivity index (χ1) is 6.22. The maximum Gasteiger partial charge on any atom is 0.0349 e. The molecule has 0 fully saturated rings. The fourth-order valence-electron chi connectivity index (χ4n) is 2.40. The second-order valence-corrected chi connectivity index (χ2v) is 4.15. The molecule has 0 saturated heterocycles. The molecule has 0 amide bonds. The summed E-state index contributed by atoms with van der Waals surface area (Å²) in [4.78, 5) is 0. The van der Waals surface area contributed by atoms with E-state index < -0.39 is 0 Å². The molecule has 2 atom stereocenters. The summed E-state index contributed by atoms with van der Waals surface area (Å²) in [5.74, 6) is 0.738. The molecule has 1 N–H and O–H groups in total. The maximum absolute atomic E-state index is 3.40. The Bertz CT molecular complexity index is 317. The minimum atomic E-state index is 0.565. The molecule has 0 saturated carbocycles. The number of fused-ring (bicyclic) bond motifs is 1. The van der Waals surface area contributed by atoms with Crippen molar-refractivity contribution >= 4 is 0 Å². The quantitative estimate of drug-likeness (QED) is 0.691. The van der Waals surface area contributed by atoms with Crippen molar-refractivity contribution in [2.24, 2.45) is 5.92 Å². The van der Waals surface area contributed by atoms with Crippen molar-refractivity contribution in [3.05, 3.63) is 34.9 Å². The van der Waals surface area contributed by atoms with Crippen LogP contribution in [-0.4, -0.2) is 7.05 Å². The number of benzene rings is 1. The van der Waals surface area contributed by atoms with E-state index in [0.29, 0.717) is 6.04 Å². The van der Waals surface area contributed by atoms with Crippen molar-refractivity contribution in [2.45, 2.75) is 26.3 Å². The summed E-state index contributed by atoms with van der Waals surface area (Å²) in [6, 6.07) is 7.37. The van der Waals surface area contributed by atoms with Crippen LogP contribution in [-0.2, 0) is 6.42 Å². The van der Waals surface area contributed by atoms with Crippen LogP contribution in [0.2, 0.25) is 0 Å². The van der Waals surface area contributed by atoms with Gasteiger partial charge in [-0.2, -0.15) is 0 Å². The Labute approximate surface area is 80.2 Å². The van der Waals surface area contributed by atoms with Crippen molar-refractivity contribution in [1.29, 1.82) is 0 Å². The summed E-state index contributed by atoms with van der Waals surface area (Å²) in [6.07, 6.45) is 1.22. The highest BCUT2D eigenvalue weighted by Gasteiger charge is 2.27. The standard InChI is InChI=1S/C12H17N/c1-8-4-5-10-7-9(2)12(13-3)11(10)6-8/h4-6,9,12-13H,7H2,1-3H3. The molecule has 0 radical (unpaired) electrons. The lowest BCUT2D eigenvalue weighted by atomic mass is 10.0. The van der Waals surface area contributed by atoms with Crippen molar-refractivity contribution in [1.82, 2.24) is 5.32 Å². The van der Waals surface area contributed by atoms with Crippen LogP contribution in [0.15, 0.2) is 18.2 Å². The molecular weight excluding hydrogens is 158 g/mol. The number of nitrogens with one attached hydrogen (secondary N) is 1. The molecule has 1 aliphatic rings. The van der Waals surface area contributed by atoms with E-state index in [1.165, 1.54) is 23.1 Å². The van der Waals surface area contributed by atoms with Gasteiger partial charge in [0.2, 0.25) is 0 Å². The lowest BCUT2D eigenvalue weighted by Crippen LogP contribution is -2.19. The van der Waals surface area contributed by atoms with Crippen LogP contribution in [0, 0.1) is 12.8 Å². The highest BCUT2D eigenvalue weighted by atomic mass is 14.9. The molecule has 70 valence electrons. The first-order valence-electron chi connectivity index (χ1n) is 4.99. The van der Waals surface area contributed by atoms with E-state index in [1.807, 2.05) is 0 Å². The van der Waals surface area contributed by atoms with Gasteiger partial charge < -0.3 is 5.32 Å². The molecule has 2 unspecified atom stereocenters. The SMILES string of the molecule is CNC1c2cc(C)ccc2CC1C. The van der Waals surface area contributed by atoms with Gasteiger partial charge in [0.25, 0.3) is 0 Å². The van der Waals surface area contributed by atoms with Gasteiger partial charge in [0.15, 0.2) is 0 Å². The van der Waals surface area contributed by atoms with Crippen molar-refractivity contribution in [3.63, 3.8) is 0 Å². The third kappa shape index (κ3) is 1.37. The van der Waals surface area contributed by atoms with E-state index in [-0.39, 0.29) is 0 Å².